The first-order valence-corrected chi connectivity index (χ1v) is 5.01. The number of thiophene rings is 1. The molecule has 1 rings (SSSR count). The van der Waals surface area contributed by atoms with Crippen LogP contribution in [0.25, 0.3) is 0 Å². The highest BCUT2D eigenvalue weighted by molar-refractivity contribution is 7.12. The summed E-state index contributed by atoms with van der Waals surface area (Å²) in [5, 5.41) is 9.31. The van der Waals surface area contributed by atoms with E-state index in [1.54, 1.807) is 18.3 Å². The Hall–Kier alpha value is -0.340. The van der Waals surface area contributed by atoms with Gasteiger partial charge >= 0.3 is 0 Å². The average Bonchev–Trinajstić information content (AvgIpc) is 2.30. The van der Waals surface area contributed by atoms with Gasteiger partial charge < -0.3 is 5.11 Å². The standard InChI is InChI=1S/C10H16OS/c1-7(11)8-5-6-9(12-8)10(2,3)4/h5-7,11H,1-4H3. The van der Waals surface area contributed by atoms with Gasteiger partial charge in [0.2, 0.25) is 0 Å². The molecule has 1 nitrogen and oxygen atoms in total. The smallest absolute Gasteiger partial charge is 0.0854 e. The molecule has 0 aliphatic carbocycles. The molecule has 1 heterocycles. The second kappa shape index (κ2) is 3.19. The van der Waals surface area contributed by atoms with Crippen LogP contribution in [0, 0.1) is 0 Å². The van der Waals surface area contributed by atoms with E-state index in [1.165, 1.54) is 4.88 Å². The summed E-state index contributed by atoms with van der Waals surface area (Å²) in [5.74, 6) is 0. The number of aliphatic hydroxyl groups is 1. The predicted molar refractivity (Wildman–Crippen MR) is 53.7 cm³/mol. The Balaban J connectivity index is 2.92. The van der Waals surface area contributed by atoms with E-state index in [2.05, 4.69) is 26.8 Å². The van der Waals surface area contributed by atoms with Crippen LogP contribution < -0.4 is 0 Å². The molecule has 0 saturated carbocycles. The van der Waals surface area contributed by atoms with Crippen molar-refractivity contribution in [3.63, 3.8) is 0 Å². The normalized spacial score (nSPS) is 14.8. The SMILES string of the molecule is CC(O)c1ccc(C(C)(C)C)s1. The Morgan fingerprint density at radius 2 is 1.92 bits per heavy atom. The van der Waals surface area contributed by atoms with Crippen LogP contribution in [0.2, 0.25) is 0 Å². The lowest BCUT2D eigenvalue weighted by molar-refractivity contribution is 0.203. The van der Waals surface area contributed by atoms with Crippen molar-refractivity contribution in [3.8, 4) is 0 Å². The highest BCUT2D eigenvalue weighted by Crippen LogP contribution is 2.31. The fraction of sp³-hybridized carbons (Fsp3) is 0.600. The summed E-state index contributed by atoms with van der Waals surface area (Å²) >= 11 is 1.70. The average molecular weight is 184 g/mol. The van der Waals surface area contributed by atoms with Gasteiger partial charge in [-0.1, -0.05) is 20.8 Å². The molecule has 0 amide bonds. The molecule has 1 N–H and O–H groups in total. The Labute approximate surface area is 78.1 Å². The van der Waals surface area contributed by atoms with Crippen molar-refractivity contribution < 1.29 is 5.11 Å². The molecule has 1 aromatic heterocycles. The van der Waals surface area contributed by atoms with E-state index in [0.717, 1.165) is 4.88 Å². The Morgan fingerprint density at radius 1 is 1.33 bits per heavy atom. The van der Waals surface area contributed by atoms with E-state index in [0.29, 0.717) is 0 Å². The van der Waals surface area contributed by atoms with Crippen LogP contribution in [0.5, 0.6) is 0 Å². The maximum Gasteiger partial charge on any atom is 0.0854 e. The number of hydrogen-bond acceptors (Lipinski definition) is 2. The van der Waals surface area contributed by atoms with Crippen molar-refractivity contribution in [2.75, 3.05) is 0 Å². The fourth-order valence-electron chi connectivity index (χ4n) is 0.980. The van der Waals surface area contributed by atoms with Gasteiger partial charge in [0.05, 0.1) is 6.10 Å². The summed E-state index contributed by atoms with van der Waals surface area (Å²) in [6.07, 6.45) is -0.328. The van der Waals surface area contributed by atoms with Crippen LogP contribution in [0.3, 0.4) is 0 Å². The molecule has 0 bridgehead atoms. The summed E-state index contributed by atoms with van der Waals surface area (Å²) < 4.78 is 0. The quantitative estimate of drug-likeness (QED) is 0.711. The van der Waals surface area contributed by atoms with Gasteiger partial charge in [-0.05, 0) is 24.5 Å². The molecule has 0 fully saturated rings. The van der Waals surface area contributed by atoms with E-state index in [4.69, 9.17) is 0 Å². The summed E-state index contributed by atoms with van der Waals surface area (Å²) in [6.45, 7) is 8.36. The minimum Gasteiger partial charge on any atom is -0.388 e. The maximum atomic E-state index is 9.31. The van der Waals surface area contributed by atoms with Crippen LogP contribution in [0.4, 0.5) is 0 Å². The minimum absolute atomic E-state index is 0.206. The third-order valence-corrected chi connectivity index (χ3v) is 3.46. The molecular weight excluding hydrogens is 168 g/mol. The number of aliphatic hydroxyl groups excluding tert-OH is 1. The van der Waals surface area contributed by atoms with Crippen LogP contribution in [-0.2, 0) is 5.41 Å². The second-order valence-corrected chi connectivity index (χ2v) is 5.24. The second-order valence-electron chi connectivity index (χ2n) is 4.13. The molecule has 2 heteroatoms. The molecule has 1 aromatic rings. The van der Waals surface area contributed by atoms with Crippen molar-refractivity contribution in [1.82, 2.24) is 0 Å². The fourth-order valence-corrected chi connectivity index (χ4v) is 1.98. The monoisotopic (exact) mass is 184 g/mol. The Morgan fingerprint density at radius 3 is 2.17 bits per heavy atom. The largest absolute Gasteiger partial charge is 0.388 e. The zero-order chi connectivity index (χ0) is 9.35. The van der Waals surface area contributed by atoms with Crippen molar-refractivity contribution in [3.05, 3.63) is 21.9 Å². The van der Waals surface area contributed by atoms with Gasteiger partial charge in [0.25, 0.3) is 0 Å². The molecule has 0 saturated heterocycles. The lowest BCUT2D eigenvalue weighted by atomic mass is 9.95. The van der Waals surface area contributed by atoms with Gasteiger partial charge in [-0.15, -0.1) is 11.3 Å². The van der Waals surface area contributed by atoms with Gasteiger partial charge in [-0.2, -0.15) is 0 Å². The molecular formula is C10H16OS. The van der Waals surface area contributed by atoms with Crippen LogP contribution in [0.1, 0.15) is 43.6 Å². The first kappa shape index (κ1) is 9.75. The Bertz CT molecular complexity index is 255. The van der Waals surface area contributed by atoms with Gasteiger partial charge in [-0.3, -0.25) is 0 Å². The predicted octanol–water partition coefficient (Wildman–Crippen LogP) is 3.10. The van der Waals surface area contributed by atoms with Gasteiger partial charge in [0, 0.05) is 9.75 Å². The number of rotatable bonds is 1. The van der Waals surface area contributed by atoms with E-state index in [9.17, 15) is 5.11 Å². The van der Waals surface area contributed by atoms with Crippen molar-refractivity contribution in [2.45, 2.75) is 39.2 Å². The van der Waals surface area contributed by atoms with Crippen LogP contribution in [0.15, 0.2) is 12.1 Å². The van der Waals surface area contributed by atoms with Gasteiger partial charge in [0.1, 0.15) is 0 Å². The molecule has 1 atom stereocenters. The summed E-state index contributed by atoms with van der Waals surface area (Å²) in [5.41, 5.74) is 0.206. The molecule has 0 spiro atoms. The highest BCUT2D eigenvalue weighted by Gasteiger charge is 2.16. The topological polar surface area (TPSA) is 20.2 Å². The highest BCUT2D eigenvalue weighted by atomic mass is 32.1. The minimum atomic E-state index is -0.328. The maximum absolute atomic E-state index is 9.31. The summed E-state index contributed by atoms with van der Waals surface area (Å²) in [4.78, 5) is 2.39. The van der Waals surface area contributed by atoms with Crippen molar-refractivity contribution >= 4 is 11.3 Å². The summed E-state index contributed by atoms with van der Waals surface area (Å²) in [7, 11) is 0. The molecule has 0 aliphatic rings. The lowest BCUT2D eigenvalue weighted by Crippen LogP contribution is -2.07. The molecule has 1 unspecified atom stereocenters. The zero-order valence-electron chi connectivity index (χ0n) is 8.09. The van der Waals surface area contributed by atoms with E-state index in [-0.39, 0.29) is 11.5 Å². The molecule has 12 heavy (non-hydrogen) atoms. The molecule has 68 valence electrons. The molecule has 0 aromatic carbocycles. The van der Waals surface area contributed by atoms with Crippen LogP contribution in [-0.4, -0.2) is 5.11 Å². The molecule has 0 radical (unpaired) electrons. The Kier molecular flexibility index (Phi) is 2.59. The van der Waals surface area contributed by atoms with Gasteiger partial charge in [-0.25, -0.2) is 0 Å². The van der Waals surface area contributed by atoms with Crippen molar-refractivity contribution in [1.29, 1.82) is 0 Å². The first-order chi connectivity index (χ1) is 5.41. The number of hydrogen-bond donors (Lipinski definition) is 1. The third-order valence-electron chi connectivity index (χ3n) is 1.78. The molecule has 0 aliphatic heterocycles. The van der Waals surface area contributed by atoms with E-state index < -0.39 is 0 Å². The van der Waals surface area contributed by atoms with Gasteiger partial charge in [0.15, 0.2) is 0 Å². The van der Waals surface area contributed by atoms with E-state index >= 15 is 0 Å². The lowest BCUT2D eigenvalue weighted by Gasteiger charge is -2.15. The van der Waals surface area contributed by atoms with E-state index in [1.807, 2.05) is 6.07 Å². The zero-order valence-corrected chi connectivity index (χ0v) is 8.90. The van der Waals surface area contributed by atoms with Crippen LogP contribution >= 0.6 is 11.3 Å². The van der Waals surface area contributed by atoms with Crippen molar-refractivity contribution in [2.24, 2.45) is 0 Å². The third kappa shape index (κ3) is 2.08. The summed E-state index contributed by atoms with van der Waals surface area (Å²) in [6, 6.07) is 4.11. The first-order valence-electron chi connectivity index (χ1n) is 4.19.